The lowest BCUT2D eigenvalue weighted by Gasteiger charge is -2.09. The maximum Gasteiger partial charge on any atom is 0.337 e. The van der Waals surface area contributed by atoms with Crippen LogP contribution in [0.15, 0.2) is 122 Å². The lowest BCUT2D eigenvalue weighted by Crippen LogP contribution is -2.01. The summed E-state index contributed by atoms with van der Waals surface area (Å²) < 4.78 is 14.9. The fourth-order valence-corrected chi connectivity index (χ4v) is 4.47. The van der Waals surface area contributed by atoms with Gasteiger partial charge in [-0.2, -0.15) is 0 Å². The number of halogens is 1. The van der Waals surface area contributed by atoms with Gasteiger partial charge in [-0.05, 0) is 78.4 Å². The monoisotopic (exact) mass is 622 g/mol. The van der Waals surface area contributed by atoms with Crippen molar-refractivity contribution in [3.63, 3.8) is 0 Å². The fourth-order valence-electron chi connectivity index (χ4n) is 4.23. The summed E-state index contributed by atoms with van der Waals surface area (Å²) in [5.74, 6) is 0.631. The molecular formula is C36H31ClN2O6. The number of hydrogen-bond donors (Lipinski definition) is 1. The third kappa shape index (κ3) is 9.01. The first-order valence-electron chi connectivity index (χ1n) is 13.8. The van der Waals surface area contributed by atoms with Crippen LogP contribution in [-0.2, 0) is 22.0 Å². The summed E-state index contributed by atoms with van der Waals surface area (Å²) in [4.78, 5) is 30.8. The molecule has 1 N–H and O–H groups in total. The molecule has 45 heavy (non-hydrogen) atoms. The van der Waals surface area contributed by atoms with Crippen molar-refractivity contribution in [3.8, 4) is 11.5 Å². The minimum atomic E-state index is -0.398. The van der Waals surface area contributed by atoms with E-state index in [1.165, 1.54) is 38.5 Å². The van der Waals surface area contributed by atoms with Crippen LogP contribution in [0.5, 0.6) is 11.5 Å². The van der Waals surface area contributed by atoms with Gasteiger partial charge in [0, 0.05) is 34.6 Å². The van der Waals surface area contributed by atoms with E-state index < -0.39 is 5.97 Å². The van der Waals surface area contributed by atoms with Crippen molar-refractivity contribution in [2.24, 2.45) is 0 Å². The first-order chi connectivity index (χ1) is 21.9. The third-order valence-corrected chi connectivity index (χ3v) is 6.87. The summed E-state index contributed by atoms with van der Waals surface area (Å²) in [6, 6.07) is 32.6. The van der Waals surface area contributed by atoms with E-state index in [1.54, 1.807) is 36.7 Å². The molecule has 9 heteroatoms. The van der Waals surface area contributed by atoms with Crippen molar-refractivity contribution < 1.29 is 28.9 Å². The quantitative estimate of drug-likeness (QED) is 0.148. The highest BCUT2D eigenvalue weighted by Gasteiger charge is 2.06. The molecule has 2 aromatic heterocycles. The molecule has 6 rings (SSSR count). The van der Waals surface area contributed by atoms with Crippen LogP contribution in [0.3, 0.4) is 0 Å². The molecule has 0 fully saturated rings. The minimum Gasteiger partial charge on any atom is -0.508 e. The van der Waals surface area contributed by atoms with Gasteiger partial charge >= 0.3 is 11.9 Å². The van der Waals surface area contributed by atoms with Gasteiger partial charge in [-0.25, -0.2) is 9.59 Å². The number of nitrogens with zero attached hydrogens (tertiary/aromatic N) is 2. The Morgan fingerprint density at radius 1 is 0.644 bits per heavy atom. The molecule has 0 spiro atoms. The molecule has 0 radical (unpaired) electrons. The van der Waals surface area contributed by atoms with Gasteiger partial charge in [0.15, 0.2) is 0 Å². The maximum atomic E-state index is 11.4. The second-order valence-corrected chi connectivity index (χ2v) is 9.72. The standard InChI is InChI=1S/C18H15NO3.C10H8ClN.C8H8O3/c1-21-18(20)13-6-8-15(9-7-13)22-12-14-10-11-19-17-5-3-2-4-16(14)17;11-7-8-5-6-12-10-4-2-1-3-9(8)10;1-11-8(10)6-2-4-7(9)5-3-6/h2-11H,12H2,1H3;1-6H,7H2;2-5,9H,1H3. The molecule has 4 aromatic carbocycles. The molecule has 0 unspecified atom stereocenters. The number of pyridine rings is 2. The Kier molecular flexibility index (Phi) is 11.8. The number of carbonyl (C=O) groups is 2. The van der Waals surface area contributed by atoms with Gasteiger partial charge in [0.2, 0.25) is 0 Å². The number of carbonyl (C=O) groups excluding carboxylic acids is 2. The van der Waals surface area contributed by atoms with Crippen LogP contribution in [0.2, 0.25) is 0 Å². The van der Waals surface area contributed by atoms with Gasteiger partial charge in [0.1, 0.15) is 18.1 Å². The predicted octanol–water partition coefficient (Wildman–Crippen LogP) is 7.75. The van der Waals surface area contributed by atoms with E-state index in [2.05, 4.69) is 19.4 Å². The van der Waals surface area contributed by atoms with E-state index >= 15 is 0 Å². The van der Waals surface area contributed by atoms with E-state index in [0.717, 1.165) is 32.9 Å². The molecule has 0 aliphatic heterocycles. The van der Waals surface area contributed by atoms with Crippen LogP contribution in [0.25, 0.3) is 21.8 Å². The maximum absolute atomic E-state index is 11.4. The van der Waals surface area contributed by atoms with Gasteiger partial charge in [0.05, 0.1) is 36.4 Å². The van der Waals surface area contributed by atoms with E-state index in [-0.39, 0.29) is 11.7 Å². The van der Waals surface area contributed by atoms with Crippen molar-refractivity contribution in [3.05, 3.63) is 144 Å². The first-order valence-corrected chi connectivity index (χ1v) is 14.4. The van der Waals surface area contributed by atoms with Crippen LogP contribution in [0.1, 0.15) is 31.8 Å². The predicted molar refractivity (Wildman–Crippen MR) is 175 cm³/mol. The highest BCUT2D eigenvalue weighted by Crippen LogP contribution is 2.20. The zero-order chi connectivity index (χ0) is 32.0. The summed E-state index contributed by atoms with van der Waals surface area (Å²) >= 11 is 5.78. The summed E-state index contributed by atoms with van der Waals surface area (Å²) in [5, 5.41) is 11.1. The lowest BCUT2D eigenvalue weighted by molar-refractivity contribution is 0.0591. The Balaban J connectivity index is 0.000000169. The largest absolute Gasteiger partial charge is 0.508 e. The Bertz CT molecular complexity index is 1850. The second kappa shape index (κ2) is 16.4. The highest BCUT2D eigenvalue weighted by atomic mass is 35.5. The van der Waals surface area contributed by atoms with Gasteiger partial charge in [0.25, 0.3) is 0 Å². The number of fused-ring (bicyclic) bond motifs is 2. The molecule has 0 aliphatic rings. The lowest BCUT2D eigenvalue weighted by atomic mass is 10.1. The van der Waals surface area contributed by atoms with E-state index in [4.69, 9.17) is 21.4 Å². The second-order valence-electron chi connectivity index (χ2n) is 9.45. The number of aromatic hydroxyl groups is 1. The molecule has 2 heterocycles. The summed E-state index contributed by atoms with van der Waals surface area (Å²) in [7, 11) is 2.68. The average molecular weight is 623 g/mol. The van der Waals surface area contributed by atoms with Gasteiger partial charge in [-0.15, -0.1) is 11.6 Å². The number of para-hydroxylation sites is 2. The van der Waals surface area contributed by atoms with Crippen LogP contribution < -0.4 is 4.74 Å². The van der Waals surface area contributed by atoms with Crippen LogP contribution in [-0.4, -0.2) is 41.2 Å². The van der Waals surface area contributed by atoms with Crippen molar-refractivity contribution in [1.29, 1.82) is 0 Å². The summed E-state index contributed by atoms with van der Waals surface area (Å²) in [6.45, 7) is 0.445. The number of aromatic nitrogens is 2. The molecule has 8 nitrogen and oxygen atoms in total. The van der Waals surface area contributed by atoms with Gasteiger partial charge in [-0.1, -0.05) is 36.4 Å². The Labute approximate surface area is 265 Å². The minimum absolute atomic E-state index is 0.137. The summed E-state index contributed by atoms with van der Waals surface area (Å²) in [6.07, 6.45) is 3.57. The number of alkyl halides is 1. The van der Waals surface area contributed by atoms with E-state index in [9.17, 15) is 9.59 Å². The molecular weight excluding hydrogens is 592 g/mol. The number of benzene rings is 4. The number of ether oxygens (including phenoxy) is 3. The van der Waals surface area contributed by atoms with Crippen LogP contribution >= 0.6 is 11.6 Å². The molecule has 0 amide bonds. The zero-order valence-corrected chi connectivity index (χ0v) is 25.5. The van der Waals surface area contributed by atoms with Crippen molar-refractivity contribution in [1.82, 2.24) is 9.97 Å². The molecule has 0 saturated heterocycles. The smallest absolute Gasteiger partial charge is 0.337 e. The molecule has 0 atom stereocenters. The van der Waals surface area contributed by atoms with Gasteiger partial charge < -0.3 is 19.3 Å². The van der Waals surface area contributed by atoms with E-state index in [1.807, 2.05) is 60.7 Å². The molecule has 0 aliphatic carbocycles. The van der Waals surface area contributed by atoms with Crippen molar-refractivity contribution in [2.45, 2.75) is 12.5 Å². The first kappa shape index (κ1) is 32.4. The SMILES string of the molecule is COC(=O)c1ccc(O)cc1.COC(=O)c1ccc(OCc2ccnc3ccccc23)cc1.ClCc1ccnc2ccccc12. The highest BCUT2D eigenvalue weighted by molar-refractivity contribution is 6.18. The number of phenolic OH excluding ortho intramolecular Hbond substituents is 1. The van der Waals surface area contributed by atoms with E-state index in [0.29, 0.717) is 29.4 Å². The fraction of sp³-hybridized carbons (Fsp3) is 0.111. The number of rotatable bonds is 6. The summed E-state index contributed by atoms with van der Waals surface area (Å²) in [5.41, 5.74) is 5.11. The Hall–Kier alpha value is -5.47. The Morgan fingerprint density at radius 3 is 1.62 bits per heavy atom. The zero-order valence-electron chi connectivity index (χ0n) is 24.7. The number of hydrogen-bond acceptors (Lipinski definition) is 8. The molecule has 0 saturated carbocycles. The third-order valence-electron chi connectivity index (χ3n) is 6.58. The topological polar surface area (TPSA) is 108 Å². The Morgan fingerprint density at radius 2 is 1.11 bits per heavy atom. The molecule has 0 bridgehead atoms. The normalized spacial score (nSPS) is 10.1. The van der Waals surface area contributed by atoms with Crippen LogP contribution in [0.4, 0.5) is 0 Å². The van der Waals surface area contributed by atoms with Crippen LogP contribution in [0, 0.1) is 0 Å². The molecule has 6 aromatic rings. The van der Waals surface area contributed by atoms with Crippen molar-refractivity contribution in [2.75, 3.05) is 14.2 Å². The van der Waals surface area contributed by atoms with Crippen molar-refractivity contribution >= 4 is 45.3 Å². The number of methoxy groups -OCH3 is 2. The van der Waals surface area contributed by atoms with Gasteiger partial charge in [-0.3, -0.25) is 9.97 Å². The average Bonchev–Trinajstić information content (AvgIpc) is 3.11. The number of esters is 2. The molecule has 228 valence electrons. The number of phenols is 1.